The van der Waals surface area contributed by atoms with E-state index < -0.39 is 11.9 Å². The molecule has 0 fully saturated rings. The van der Waals surface area contributed by atoms with Gasteiger partial charge in [-0.25, -0.2) is 4.79 Å². The van der Waals surface area contributed by atoms with Crippen LogP contribution in [0.4, 0.5) is 5.69 Å². The number of amides is 1. The summed E-state index contributed by atoms with van der Waals surface area (Å²) in [5.74, 6) is 0.195. The highest BCUT2D eigenvalue weighted by molar-refractivity contribution is 5.95. The molecule has 0 aliphatic heterocycles. The summed E-state index contributed by atoms with van der Waals surface area (Å²) in [5.41, 5.74) is 2.33. The maximum atomic E-state index is 11.9. The molecular weight excluding hydrogens is 334 g/mol. The largest absolute Gasteiger partial charge is 0.497 e. The van der Waals surface area contributed by atoms with Gasteiger partial charge in [0.1, 0.15) is 11.5 Å². The van der Waals surface area contributed by atoms with Crippen LogP contribution in [0.3, 0.4) is 0 Å². The highest BCUT2D eigenvalue weighted by atomic mass is 16.5. The van der Waals surface area contributed by atoms with Crippen LogP contribution in [0.25, 0.3) is 6.08 Å². The van der Waals surface area contributed by atoms with Gasteiger partial charge in [-0.15, -0.1) is 0 Å². The molecule has 0 radical (unpaired) electrons. The fraction of sp³-hybridized carbons (Fsp3) is 0.200. The normalized spacial score (nSPS) is 10.4. The molecule has 0 aliphatic carbocycles. The summed E-state index contributed by atoms with van der Waals surface area (Å²) in [5, 5.41) is 2.70. The molecule has 0 spiro atoms. The van der Waals surface area contributed by atoms with E-state index in [4.69, 9.17) is 14.2 Å². The van der Waals surface area contributed by atoms with Crippen LogP contribution in [0.15, 0.2) is 48.5 Å². The van der Waals surface area contributed by atoms with Crippen LogP contribution in [0, 0.1) is 6.92 Å². The van der Waals surface area contributed by atoms with Crippen molar-refractivity contribution < 1.29 is 23.8 Å². The topological polar surface area (TPSA) is 73.9 Å². The van der Waals surface area contributed by atoms with E-state index in [1.807, 2.05) is 25.1 Å². The van der Waals surface area contributed by atoms with E-state index in [2.05, 4.69) is 5.32 Å². The van der Waals surface area contributed by atoms with Crippen molar-refractivity contribution in [2.75, 3.05) is 26.1 Å². The molecule has 0 heterocycles. The molecule has 2 aromatic carbocycles. The number of hydrogen-bond donors (Lipinski definition) is 1. The molecular formula is C20H21NO5. The molecule has 2 aromatic rings. The molecule has 0 bridgehead atoms. The average molecular weight is 355 g/mol. The van der Waals surface area contributed by atoms with Gasteiger partial charge in [0.25, 0.3) is 5.91 Å². The predicted molar refractivity (Wildman–Crippen MR) is 99.3 cm³/mol. The lowest BCUT2D eigenvalue weighted by Crippen LogP contribution is -2.20. The van der Waals surface area contributed by atoms with Crippen LogP contribution in [0.2, 0.25) is 0 Å². The van der Waals surface area contributed by atoms with E-state index in [1.54, 1.807) is 44.6 Å². The zero-order chi connectivity index (χ0) is 18.9. The number of ether oxygens (including phenoxy) is 3. The third-order valence-corrected chi connectivity index (χ3v) is 3.55. The van der Waals surface area contributed by atoms with Gasteiger partial charge in [-0.1, -0.05) is 18.2 Å². The van der Waals surface area contributed by atoms with Crippen molar-refractivity contribution in [3.05, 3.63) is 59.7 Å². The molecule has 6 nitrogen and oxygen atoms in total. The maximum absolute atomic E-state index is 11.9. The molecule has 0 saturated heterocycles. The number of carbonyl (C=O) groups is 2. The minimum Gasteiger partial charge on any atom is -0.497 e. The second-order valence-corrected chi connectivity index (χ2v) is 5.45. The summed E-state index contributed by atoms with van der Waals surface area (Å²) in [6.45, 7) is 1.52. The Kier molecular flexibility index (Phi) is 6.79. The van der Waals surface area contributed by atoms with Crippen LogP contribution >= 0.6 is 0 Å². The van der Waals surface area contributed by atoms with Gasteiger partial charge in [-0.2, -0.15) is 0 Å². The number of nitrogens with one attached hydrogen (secondary N) is 1. The fourth-order valence-electron chi connectivity index (χ4n) is 2.17. The second-order valence-electron chi connectivity index (χ2n) is 5.45. The highest BCUT2D eigenvalue weighted by Gasteiger charge is 2.07. The Morgan fingerprint density at radius 2 is 1.69 bits per heavy atom. The van der Waals surface area contributed by atoms with Gasteiger partial charge in [0.05, 0.1) is 14.2 Å². The van der Waals surface area contributed by atoms with Crippen LogP contribution in [-0.4, -0.2) is 32.7 Å². The zero-order valence-electron chi connectivity index (χ0n) is 14.9. The number of aryl methyl sites for hydroxylation is 1. The molecule has 0 saturated carbocycles. The van der Waals surface area contributed by atoms with Gasteiger partial charge < -0.3 is 19.5 Å². The summed E-state index contributed by atoms with van der Waals surface area (Å²) in [7, 11) is 3.09. The maximum Gasteiger partial charge on any atom is 0.331 e. The Hall–Kier alpha value is -3.28. The number of anilines is 1. The van der Waals surface area contributed by atoms with Crippen molar-refractivity contribution in [2.45, 2.75) is 6.92 Å². The van der Waals surface area contributed by atoms with E-state index in [0.717, 1.165) is 5.56 Å². The monoisotopic (exact) mass is 355 g/mol. The van der Waals surface area contributed by atoms with Crippen LogP contribution in [0.5, 0.6) is 11.5 Å². The van der Waals surface area contributed by atoms with E-state index in [1.165, 1.54) is 6.08 Å². The van der Waals surface area contributed by atoms with Crippen molar-refractivity contribution in [2.24, 2.45) is 0 Å². The summed E-state index contributed by atoms with van der Waals surface area (Å²) >= 11 is 0. The lowest BCUT2D eigenvalue weighted by Gasteiger charge is -2.08. The lowest BCUT2D eigenvalue weighted by molar-refractivity contribution is -0.142. The van der Waals surface area contributed by atoms with Gasteiger partial charge in [0.15, 0.2) is 6.61 Å². The van der Waals surface area contributed by atoms with Crippen molar-refractivity contribution in [3.63, 3.8) is 0 Å². The molecule has 0 unspecified atom stereocenters. The first-order valence-electron chi connectivity index (χ1n) is 7.95. The Balaban J connectivity index is 1.89. The SMILES string of the molecule is COc1cc(/C=C/C(=O)OCC(=O)Nc2ccccc2C)cc(OC)c1. The molecule has 0 atom stereocenters. The predicted octanol–water partition coefficient (Wildman–Crippen LogP) is 3.21. The van der Waals surface area contributed by atoms with Crippen LogP contribution in [-0.2, 0) is 14.3 Å². The minimum absolute atomic E-state index is 0.362. The number of rotatable bonds is 7. The molecule has 26 heavy (non-hydrogen) atoms. The lowest BCUT2D eigenvalue weighted by atomic mass is 10.2. The third kappa shape index (κ3) is 5.66. The Morgan fingerprint density at radius 3 is 2.31 bits per heavy atom. The Labute approximate surface area is 152 Å². The summed E-state index contributed by atoms with van der Waals surface area (Å²) in [6.07, 6.45) is 2.81. The molecule has 136 valence electrons. The van der Waals surface area contributed by atoms with E-state index >= 15 is 0 Å². The van der Waals surface area contributed by atoms with Crippen molar-refractivity contribution in [1.29, 1.82) is 0 Å². The summed E-state index contributed by atoms with van der Waals surface area (Å²) in [4.78, 5) is 23.7. The quantitative estimate of drug-likeness (QED) is 0.610. The number of carbonyl (C=O) groups excluding carboxylic acids is 2. The first kappa shape index (κ1) is 19.1. The highest BCUT2D eigenvalue weighted by Crippen LogP contribution is 2.23. The third-order valence-electron chi connectivity index (χ3n) is 3.55. The van der Waals surface area contributed by atoms with E-state index in [-0.39, 0.29) is 6.61 Å². The van der Waals surface area contributed by atoms with Crippen molar-refractivity contribution in [1.82, 2.24) is 0 Å². The smallest absolute Gasteiger partial charge is 0.331 e. The van der Waals surface area contributed by atoms with Gasteiger partial charge in [-0.3, -0.25) is 4.79 Å². The summed E-state index contributed by atoms with van der Waals surface area (Å²) in [6, 6.07) is 12.6. The van der Waals surface area contributed by atoms with Crippen LogP contribution < -0.4 is 14.8 Å². The number of para-hydroxylation sites is 1. The fourth-order valence-corrected chi connectivity index (χ4v) is 2.17. The van der Waals surface area contributed by atoms with Crippen molar-refractivity contribution in [3.8, 4) is 11.5 Å². The minimum atomic E-state index is -0.619. The number of methoxy groups -OCH3 is 2. The van der Waals surface area contributed by atoms with Crippen LogP contribution in [0.1, 0.15) is 11.1 Å². The van der Waals surface area contributed by atoms with Gasteiger partial charge in [0, 0.05) is 17.8 Å². The number of esters is 1. The molecule has 0 aliphatic rings. The first-order chi connectivity index (χ1) is 12.5. The van der Waals surface area contributed by atoms with Crippen molar-refractivity contribution >= 4 is 23.6 Å². The average Bonchev–Trinajstić information content (AvgIpc) is 2.66. The molecule has 0 aromatic heterocycles. The molecule has 6 heteroatoms. The molecule has 1 N–H and O–H groups in total. The van der Waals surface area contributed by atoms with Gasteiger partial charge in [0.2, 0.25) is 0 Å². The Bertz CT molecular complexity index is 791. The Morgan fingerprint density at radius 1 is 1.04 bits per heavy atom. The van der Waals surface area contributed by atoms with Gasteiger partial charge in [-0.05, 0) is 42.3 Å². The first-order valence-corrected chi connectivity index (χ1v) is 7.95. The number of benzene rings is 2. The standard InChI is InChI=1S/C20H21NO5/c1-14-6-4-5-7-18(14)21-19(22)13-26-20(23)9-8-15-10-16(24-2)12-17(11-15)25-3/h4-12H,13H2,1-3H3,(H,21,22)/b9-8+. The number of hydrogen-bond acceptors (Lipinski definition) is 5. The van der Waals surface area contributed by atoms with Gasteiger partial charge >= 0.3 is 5.97 Å². The molecule has 1 amide bonds. The van der Waals surface area contributed by atoms with E-state index in [9.17, 15) is 9.59 Å². The zero-order valence-corrected chi connectivity index (χ0v) is 14.9. The second kappa shape index (κ2) is 9.27. The van der Waals surface area contributed by atoms with E-state index in [0.29, 0.717) is 22.7 Å². The molecule has 2 rings (SSSR count). The summed E-state index contributed by atoms with van der Waals surface area (Å²) < 4.78 is 15.3.